The molecule has 0 fully saturated rings. The highest BCUT2D eigenvalue weighted by Gasteiger charge is 2.03. The highest BCUT2D eigenvalue weighted by molar-refractivity contribution is 6.32. The number of hydrogen-bond donors (Lipinski definition) is 1. The molecule has 0 unspecified atom stereocenters. The first-order valence-electron chi connectivity index (χ1n) is 4.83. The van der Waals surface area contributed by atoms with E-state index in [1.807, 2.05) is 25.2 Å². The number of nitrogens with one attached hydrogen (secondary N) is 1. The maximum absolute atomic E-state index is 6.03. The summed E-state index contributed by atoms with van der Waals surface area (Å²) in [6.45, 7) is 1.72. The number of rotatable bonds is 5. The van der Waals surface area contributed by atoms with E-state index in [2.05, 4.69) is 17.3 Å². The van der Waals surface area contributed by atoms with E-state index in [0.29, 0.717) is 5.02 Å². The molecule has 0 radical (unpaired) electrons. The second kappa shape index (κ2) is 5.95. The molecule has 3 nitrogen and oxygen atoms in total. The van der Waals surface area contributed by atoms with Crippen LogP contribution in [0.25, 0.3) is 0 Å². The Balaban J connectivity index is 2.66. The summed E-state index contributed by atoms with van der Waals surface area (Å²) in [5.41, 5.74) is 1.18. The molecule has 0 aromatic heterocycles. The fourth-order valence-corrected chi connectivity index (χ4v) is 1.73. The Morgan fingerprint density at radius 2 is 2.20 bits per heavy atom. The molecule has 0 bridgehead atoms. The van der Waals surface area contributed by atoms with Gasteiger partial charge in [-0.2, -0.15) is 0 Å². The molecule has 0 saturated carbocycles. The number of hydrogen-bond acceptors (Lipinski definition) is 3. The average molecular weight is 229 g/mol. The van der Waals surface area contributed by atoms with Crippen LogP contribution in [0.1, 0.15) is 5.56 Å². The lowest BCUT2D eigenvalue weighted by atomic mass is 10.2. The third kappa shape index (κ3) is 3.70. The van der Waals surface area contributed by atoms with E-state index in [1.165, 1.54) is 5.56 Å². The molecule has 0 aliphatic rings. The summed E-state index contributed by atoms with van der Waals surface area (Å²) >= 11 is 6.03. The van der Waals surface area contributed by atoms with Gasteiger partial charge >= 0.3 is 0 Å². The van der Waals surface area contributed by atoms with Crippen molar-refractivity contribution in [3.05, 3.63) is 28.8 Å². The molecule has 0 atom stereocenters. The molecule has 0 spiro atoms. The van der Waals surface area contributed by atoms with Gasteiger partial charge in [0, 0.05) is 13.2 Å². The van der Waals surface area contributed by atoms with Gasteiger partial charge in [0.2, 0.25) is 0 Å². The maximum Gasteiger partial charge on any atom is 0.137 e. The van der Waals surface area contributed by atoms with Crippen LogP contribution in [0.3, 0.4) is 0 Å². The van der Waals surface area contributed by atoms with Crippen LogP contribution >= 0.6 is 11.6 Å². The van der Waals surface area contributed by atoms with Crippen LogP contribution < -0.4 is 10.1 Å². The smallest absolute Gasteiger partial charge is 0.137 e. The van der Waals surface area contributed by atoms with Crippen molar-refractivity contribution in [1.29, 1.82) is 0 Å². The summed E-state index contributed by atoms with van der Waals surface area (Å²) in [4.78, 5) is 2.16. The Kier molecular flexibility index (Phi) is 4.88. The molecule has 0 amide bonds. The Bertz CT molecular complexity index is 317. The minimum atomic E-state index is 0.660. The Morgan fingerprint density at radius 3 is 2.73 bits per heavy atom. The van der Waals surface area contributed by atoms with Gasteiger partial charge < -0.3 is 10.1 Å². The first-order chi connectivity index (χ1) is 7.17. The van der Waals surface area contributed by atoms with Crippen molar-refractivity contribution in [2.75, 3.05) is 27.9 Å². The monoisotopic (exact) mass is 228 g/mol. The van der Waals surface area contributed by atoms with Gasteiger partial charge in [0.25, 0.3) is 0 Å². The fraction of sp³-hybridized carbons (Fsp3) is 0.455. The maximum atomic E-state index is 6.03. The number of nitrogens with zero attached hydrogens (tertiary/aromatic N) is 1. The van der Waals surface area contributed by atoms with Gasteiger partial charge in [-0.3, -0.25) is 4.90 Å². The third-order valence-corrected chi connectivity index (χ3v) is 2.39. The van der Waals surface area contributed by atoms with Gasteiger partial charge in [-0.15, -0.1) is 0 Å². The average Bonchev–Trinajstić information content (AvgIpc) is 2.18. The number of benzene rings is 1. The molecular weight excluding hydrogens is 212 g/mol. The van der Waals surface area contributed by atoms with Crippen molar-refractivity contribution in [2.24, 2.45) is 0 Å². The minimum Gasteiger partial charge on any atom is -0.495 e. The summed E-state index contributed by atoms with van der Waals surface area (Å²) in [5.74, 6) is 0.719. The first kappa shape index (κ1) is 12.3. The fourth-order valence-electron chi connectivity index (χ4n) is 1.45. The summed E-state index contributed by atoms with van der Waals surface area (Å²) in [6.07, 6.45) is 0. The van der Waals surface area contributed by atoms with Gasteiger partial charge in [-0.25, -0.2) is 0 Å². The lowest BCUT2D eigenvalue weighted by Crippen LogP contribution is -2.27. The van der Waals surface area contributed by atoms with Crippen LogP contribution in [0.15, 0.2) is 18.2 Å². The topological polar surface area (TPSA) is 24.5 Å². The molecule has 15 heavy (non-hydrogen) atoms. The molecule has 84 valence electrons. The van der Waals surface area contributed by atoms with E-state index in [1.54, 1.807) is 7.11 Å². The van der Waals surface area contributed by atoms with Crippen molar-refractivity contribution in [3.8, 4) is 5.75 Å². The first-order valence-corrected chi connectivity index (χ1v) is 5.20. The molecule has 0 aliphatic carbocycles. The predicted molar refractivity (Wildman–Crippen MR) is 63.4 cm³/mol. The lowest BCUT2D eigenvalue weighted by molar-refractivity contribution is 0.309. The van der Waals surface area contributed by atoms with Crippen LogP contribution in [-0.2, 0) is 6.54 Å². The molecule has 1 aromatic rings. The van der Waals surface area contributed by atoms with E-state index >= 15 is 0 Å². The molecule has 4 heteroatoms. The van der Waals surface area contributed by atoms with Crippen molar-refractivity contribution in [3.63, 3.8) is 0 Å². The van der Waals surface area contributed by atoms with Crippen LogP contribution in [0.5, 0.6) is 5.75 Å². The molecule has 1 N–H and O–H groups in total. The second-order valence-corrected chi connectivity index (χ2v) is 3.90. The van der Waals surface area contributed by atoms with Crippen molar-refractivity contribution in [2.45, 2.75) is 6.54 Å². The Hall–Kier alpha value is -0.770. The lowest BCUT2D eigenvalue weighted by Gasteiger charge is -2.16. The van der Waals surface area contributed by atoms with Gasteiger partial charge in [-0.1, -0.05) is 17.7 Å². The van der Waals surface area contributed by atoms with Gasteiger partial charge in [0.15, 0.2) is 0 Å². The minimum absolute atomic E-state index is 0.660. The summed E-state index contributed by atoms with van der Waals surface area (Å²) < 4.78 is 5.09. The van der Waals surface area contributed by atoms with Crippen LogP contribution in [0.4, 0.5) is 0 Å². The molecular formula is C11H17ClN2O. The summed E-state index contributed by atoms with van der Waals surface area (Å²) in [5, 5.41) is 3.75. The molecule has 1 aromatic carbocycles. The molecule has 0 heterocycles. The number of ether oxygens (including phenoxy) is 1. The summed E-state index contributed by atoms with van der Waals surface area (Å²) in [7, 11) is 5.60. The highest BCUT2D eigenvalue weighted by Crippen LogP contribution is 2.25. The molecule has 0 saturated heterocycles. The van der Waals surface area contributed by atoms with Crippen LogP contribution in [-0.4, -0.2) is 32.8 Å². The van der Waals surface area contributed by atoms with Gasteiger partial charge in [0.05, 0.1) is 12.1 Å². The van der Waals surface area contributed by atoms with E-state index in [0.717, 1.165) is 19.0 Å². The normalized spacial score (nSPS) is 10.7. The van der Waals surface area contributed by atoms with Crippen molar-refractivity contribution >= 4 is 11.6 Å². The van der Waals surface area contributed by atoms with Crippen molar-refractivity contribution < 1.29 is 4.74 Å². The summed E-state index contributed by atoms with van der Waals surface area (Å²) in [6, 6.07) is 5.86. The quantitative estimate of drug-likeness (QED) is 0.780. The van der Waals surface area contributed by atoms with Crippen molar-refractivity contribution in [1.82, 2.24) is 10.2 Å². The van der Waals surface area contributed by atoms with E-state index in [-0.39, 0.29) is 0 Å². The SMILES string of the molecule is CNCN(C)Cc1ccc(OC)c(Cl)c1. The Labute approximate surface area is 96.0 Å². The third-order valence-electron chi connectivity index (χ3n) is 2.10. The largest absolute Gasteiger partial charge is 0.495 e. The molecule has 0 aliphatic heterocycles. The predicted octanol–water partition coefficient (Wildman–Crippen LogP) is 1.96. The van der Waals surface area contributed by atoms with E-state index in [9.17, 15) is 0 Å². The number of methoxy groups -OCH3 is 1. The zero-order chi connectivity index (χ0) is 11.3. The zero-order valence-electron chi connectivity index (χ0n) is 9.38. The molecule has 1 rings (SSSR count). The number of halogens is 1. The van der Waals surface area contributed by atoms with Crippen LogP contribution in [0.2, 0.25) is 5.02 Å². The van der Waals surface area contributed by atoms with E-state index in [4.69, 9.17) is 16.3 Å². The standard InChI is InChI=1S/C11H17ClN2O/c1-13-8-14(2)7-9-4-5-11(15-3)10(12)6-9/h4-6,13H,7-8H2,1-3H3. The van der Waals surface area contributed by atoms with Gasteiger partial charge in [-0.05, 0) is 31.8 Å². The van der Waals surface area contributed by atoms with E-state index < -0.39 is 0 Å². The zero-order valence-corrected chi connectivity index (χ0v) is 10.1. The second-order valence-electron chi connectivity index (χ2n) is 3.49. The Morgan fingerprint density at radius 1 is 1.47 bits per heavy atom. The van der Waals surface area contributed by atoms with Crippen LogP contribution in [0, 0.1) is 0 Å². The van der Waals surface area contributed by atoms with Gasteiger partial charge in [0.1, 0.15) is 5.75 Å². The highest BCUT2D eigenvalue weighted by atomic mass is 35.5.